The van der Waals surface area contributed by atoms with Gasteiger partial charge in [-0.3, -0.25) is 4.79 Å². The van der Waals surface area contributed by atoms with E-state index < -0.39 is 0 Å². The summed E-state index contributed by atoms with van der Waals surface area (Å²) in [5, 5.41) is 0. The molecule has 2 nitrogen and oxygen atoms in total. The van der Waals surface area contributed by atoms with Crippen molar-refractivity contribution < 1.29 is 9.21 Å². The SMILES string of the molecule is O=Cc1cc(C2CCCSC2)co1. The highest BCUT2D eigenvalue weighted by molar-refractivity contribution is 7.99. The molecule has 2 heterocycles. The highest BCUT2D eigenvalue weighted by Gasteiger charge is 2.17. The zero-order valence-corrected chi connectivity index (χ0v) is 8.18. The van der Waals surface area contributed by atoms with Gasteiger partial charge in [0, 0.05) is 5.75 Å². The summed E-state index contributed by atoms with van der Waals surface area (Å²) in [5.74, 6) is 3.48. The molecule has 0 saturated carbocycles. The van der Waals surface area contributed by atoms with E-state index in [1.165, 1.54) is 24.2 Å². The second kappa shape index (κ2) is 4.01. The highest BCUT2D eigenvalue weighted by atomic mass is 32.2. The number of aldehydes is 1. The quantitative estimate of drug-likeness (QED) is 0.681. The van der Waals surface area contributed by atoms with Gasteiger partial charge in [0.1, 0.15) is 0 Å². The van der Waals surface area contributed by atoms with Crippen LogP contribution in [0.1, 0.15) is 34.9 Å². The van der Waals surface area contributed by atoms with Gasteiger partial charge in [-0.15, -0.1) is 0 Å². The molecule has 1 aromatic heterocycles. The summed E-state index contributed by atoms with van der Waals surface area (Å²) in [7, 11) is 0. The Morgan fingerprint density at radius 1 is 1.62 bits per heavy atom. The molecule has 70 valence electrons. The van der Waals surface area contributed by atoms with Gasteiger partial charge in [-0.1, -0.05) is 0 Å². The lowest BCUT2D eigenvalue weighted by molar-refractivity contribution is 0.110. The third-order valence-electron chi connectivity index (χ3n) is 2.39. The molecule has 1 aromatic rings. The van der Waals surface area contributed by atoms with Crippen molar-refractivity contribution in [1.82, 2.24) is 0 Å². The lowest BCUT2D eigenvalue weighted by atomic mass is 9.98. The zero-order valence-electron chi connectivity index (χ0n) is 7.36. The lowest BCUT2D eigenvalue weighted by Crippen LogP contribution is -2.07. The van der Waals surface area contributed by atoms with Crippen molar-refractivity contribution >= 4 is 18.0 Å². The zero-order chi connectivity index (χ0) is 9.10. The van der Waals surface area contributed by atoms with Gasteiger partial charge in [-0.2, -0.15) is 11.8 Å². The van der Waals surface area contributed by atoms with Crippen LogP contribution in [-0.4, -0.2) is 17.8 Å². The molecule has 0 bridgehead atoms. The van der Waals surface area contributed by atoms with E-state index in [1.54, 1.807) is 6.26 Å². The molecular weight excluding hydrogens is 184 g/mol. The number of thioether (sulfide) groups is 1. The number of hydrogen-bond acceptors (Lipinski definition) is 3. The fourth-order valence-corrected chi connectivity index (χ4v) is 2.83. The van der Waals surface area contributed by atoms with E-state index in [0.717, 1.165) is 12.0 Å². The number of rotatable bonds is 2. The minimum Gasteiger partial charge on any atom is -0.461 e. The summed E-state index contributed by atoms with van der Waals surface area (Å²) >= 11 is 1.98. The Morgan fingerprint density at radius 3 is 3.15 bits per heavy atom. The molecule has 1 aliphatic rings. The molecule has 0 N–H and O–H groups in total. The minimum atomic E-state index is 0.450. The Bertz CT molecular complexity index is 287. The van der Waals surface area contributed by atoms with E-state index >= 15 is 0 Å². The number of furan rings is 1. The molecule has 1 aliphatic heterocycles. The van der Waals surface area contributed by atoms with Gasteiger partial charge >= 0.3 is 0 Å². The molecule has 0 spiro atoms. The van der Waals surface area contributed by atoms with Crippen LogP contribution in [0.2, 0.25) is 0 Å². The molecule has 0 amide bonds. The van der Waals surface area contributed by atoms with Crippen LogP contribution in [0, 0.1) is 0 Å². The predicted octanol–water partition coefficient (Wildman–Crippen LogP) is 2.70. The topological polar surface area (TPSA) is 30.2 Å². The Balaban J connectivity index is 2.09. The van der Waals surface area contributed by atoms with Gasteiger partial charge in [-0.05, 0) is 36.1 Å². The van der Waals surface area contributed by atoms with Crippen molar-refractivity contribution in [3.05, 3.63) is 23.7 Å². The van der Waals surface area contributed by atoms with E-state index in [-0.39, 0.29) is 0 Å². The van der Waals surface area contributed by atoms with E-state index in [0.29, 0.717) is 11.7 Å². The normalized spacial score (nSPS) is 22.9. The Hall–Kier alpha value is -0.700. The van der Waals surface area contributed by atoms with Gasteiger partial charge in [-0.25, -0.2) is 0 Å². The number of hydrogen-bond donors (Lipinski definition) is 0. The van der Waals surface area contributed by atoms with E-state index in [4.69, 9.17) is 4.42 Å². The molecule has 1 atom stereocenters. The maximum atomic E-state index is 10.4. The molecule has 0 aromatic carbocycles. The maximum absolute atomic E-state index is 10.4. The minimum absolute atomic E-state index is 0.450. The summed E-state index contributed by atoms with van der Waals surface area (Å²) in [4.78, 5) is 10.4. The molecular formula is C10H12O2S. The first kappa shape index (κ1) is 8.88. The van der Waals surface area contributed by atoms with Gasteiger partial charge in [0.25, 0.3) is 0 Å². The summed E-state index contributed by atoms with van der Waals surface area (Å²) in [6.07, 6.45) is 4.99. The maximum Gasteiger partial charge on any atom is 0.185 e. The smallest absolute Gasteiger partial charge is 0.185 e. The van der Waals surface area contributed by atoms with Crippen molar-refractivity contribution in [2.75, 3.05) is 11.5 Å². The van der Waals surface area contributed by atoms with Crippen LogP contribution in [0.4, 0.5) is 0 Å². The second-order valence-corrected chi connectivity index (χ2v) is 4.46. The van der Waals surface area contributed by atoms with Crippen LogP contribution >= 0.6 is 11.8 Å². The Labute approximate surface area is 81.7 Å². The molecule has 0 radical (unpaired) electrons. The number of carbonyl (C=O) groups is 1. The van der Waals surface area contributed by atoms with E-state index in [2.05, 4.69) is 0 Å². The Morgan fingerprint density at radius 2 is 2.54 bits per heavy atom. The lowest BCUT2D eigenvalue weighted by Gasteiger charge is -2.19. The molecule has 3 heteroatoms. The molecule has 0 aliphatic carbocycles. The molecule has 1 fully saturated rings. The van der Waals surface area contributed by atoms with Gasteiger partial charge in [0.05, 0.1) is 6.26 Å². The predicted molar refractivity (Wildman–Crippen MR) is 53.4 cm³/mol. The van der Waals surface area contributed by atoms with Crippen molar-refractivity contribution in [2.45, 2.75) is 18.8 Å². The summed E-state index contributed by atoms with van der Waals surface area (Å²) in [6.45, 7) is 0. The first-order valence-electron chi connectivity index (χ1n) is 4.51. The van der Waals surface area contributed by atoms with E-state index in [9.17, 15) is 4.79 Å². The largest absolute Gasteiger partial charge is 0.461 e. The fourth-order valence-electron chi connectivity index (χ4n) is 1.65. The first-order chi connectivity index (χ1) is 6.40. The summed E-state index contributed by atoms with van der Waals surface area (Å²) in [5.41, 5.74) is 1.19. The van der Waals surface area contributed by atoms with Crippen LogP contribution in [-0.2, 0) is 0 Å². The average molecular weight is 196 g/mol. The van der Waals surface area contributed by atoms with Gasteiger partial charge in [0.15, 0.2) is 12.0 Å². The van der Waals surface area contributed by atoms with Crippen LogP contribution in [0.25, 0.3) is 0 Å². The third-order valence-corrected chi connectivity index (χ3v) is 3.60. The van der Waals surface area contributed by atoms with Gasteiger partial charge < -0.3 is 4.42 Å². The summed E-state index contributed by atoms with van der Waals surface area (Å²) < 4.78 is 5.09. The standard InChI is InChI=1S/C10H12O2S/c11-5-10-4-9(6-12-10)8-2-1-3-13-7-8/h4-6,8H,1-3,7H2. The van der Waals surface area contributed by atoms with Crippen LogP contribution in [0.5, 0.6) is 0 Å². The van der Waals surface area contributed by atoms with Crippen molar-refractivity contribution in [3.63, 3.8) is 0 Å². The first-order valence-corrected chi connectivity index (χ1v) is 5.67. The number of carbonyl (C=O) groups excluding carboxylic acids is 1. The summed E-state index contributed by atoms with van der Waals surface area (Å²) in [6, 6.07) is 1.86. The van der Waals surface area contributed by atoms with Crippen LogP contribution in [0.15, 0.2) is 16.7 Å². The van der Waals surface area contributed by atoms with Crippen molar-refractivity contribution in [3.8, 4) is 0 Å². The molecule has 2 rings (SSSR count). The Kier molecular flexibility index (Phi) is 2.74. The molecule has 13 heavy (non-hydrogen) atoms. The van der Waals surface area contributed by atoms with Crippen molar-refractivity contribution in [2.24, 2.45) is 0 Å². The van der Waals surface area contributed by atoms with Crippen LogP contribution in [0.3, 0.4) is 0 Å². The second-order valence-electron chi connectivity index (χ2n) is 3.31. The van der Waals surface area contributed by atoms with Gasteiger partial charge in [0.2, 0.25) is 0 Å². The van der Waals surface area contributed by atoms with Crippen LogP contribution < -0.4 is 0 Å². The monoisotopic (exact) mass is 196 g/mol. The molecule has 1 saturated heterocycles. The fraction of sp³-hybridized carbons (Fsp3) is 0.500. The molecule has 1 unspecified atom stereocenters. The van der Waals surface area contributed by atoms with Crippen molar-refractivity contribution in [1.29, 1.82) is 0 Å². The third kappa shape index (κ3) is 1.97. The average Bonchev–Trinajstić information content (AvgIpc) is 2.67. The van der Waals surface area contributed by atoms with E-state index in [1.807, 2.05) is 17.8 Å². The highest BCUT2D eigenvalue weighted by Crippen LogP contribution is 2.31.